The number of ether oxygens (including phenoxy) is 1. The maximum atomic E-state index is 8.71. The van der Waals surface area contributed by atoms with Gasteiger partial charge in [0.1, 0.15) is 5.75 Å². The molecule has 22 heavy (non-hydrogen) atoms. The highest BCUT2D eigenvalue weighted by Crippen LogP contribution is 2.14. The summed E-state index contributed by atoms with van der Waals surface area (Å²) in [6, 6.07) is 7.66. The lowest BCUT2D eigenvalue weighted by molar-refractivity contribution is 0.304. The molecule has 1 aromatic rings. The van der Waals surface area contributed by atoms with Crippen molar-refractivity contribution in [2.24, 2.45) is 5.16 Å². The molecule has 0 fully saturated rings. The van der Waals surface area contributed by atoms with Crippen molar-refractivity contribution in [3.8, 4) is 5.75 Å². The minimum Gasteiger partial charge on any atom is -0.494 e. The van der Waals surface area contributed by atoms with E-state index in [0.29, 0.717) is 5.71 Å². The number of unbranched alkanes of at least 4 members (excludes halogenated alkanes) is 7. The van der Waals surface area contributed by atoms with E-state index in [4.69, 9.17) is 9.94 Å². The molecule has 0 saturated carbocycles. The highest BCUT2D eigenvalue weighted by Gasteiger charge is 1.99. The van der Waals surface area contributed by atoms with E-state index in [2.05, 4.69) is 11.7 Å². The zero-order chi connectivity index (χ0) is 16.0. The Bertz CT molecular complexity index is 437. The van der Waals surface area contributed by atoms with Gasteiger partial charge in [-0.15, -0.1) is 6.58 Å². The first kappa shape index (κ1) is 18.3. The third-order valence-corrected chi connectivity index (χ3v) is 3.74. The van der Waals surface area contributed by atoms with Crippen LogP contribution in [0.4, 0.5) is 0 Å². The molecular weight excluding hydrogens is 274 g/mol. The van der Waals surface area contributed by atoms with Crippen molar-refractivity contribution in [2.45, 2.75) is 58.3 Å². The van der Waals surface area contributed by atoms with E-state index in [1.54, 1.807) is 6.92 Å². The van der Waals surface area contributed by atoms with Crippen LogP contribution < -0.4 is 4.74 Å². The van der Waals surface area contributed by atoms with Gasteiger partial charge in [-0.3, -0.25) is 0 Å². The molecule has 0 heterocycles. The van der Waals surface area contributed by atoms with E-state index < -0.39 is 0 Å². The number of nitrogens with zero attached hydrogens (tertiary/aromatic N) is 1. The van der Waals surface area contributed by atoms with Crippen LogP contribution in [0.1, 0.15) is 63.9 Å². The zero-order valence-corrected chi connectivity index (χ0v) is 13.8. The largest absolute Gasteiger partial charge is 0.494 e. The van der Waals surface area contributed by atoms with Crippen molar-refractivity contribution < 1.29 is 9.94 Å². The fourth-order valence-electron chi connectivity index (χ4n) is 2.31. The highest BCUT2D eigenvalue weighted by atomic mass is 16.5. The summed E-state index contributed by atoms with van der Waals surface area (Å²) in [6.45, 7) is 6.28. The summed E-state index contributed by atoms with van der Waals surface area (Å²) in [5, 5.41) is 11.9. The molecule has 0 aliphatic heterocycles. The molecule has 0 spiro atoms. The van der Waals surface area contributed by atoms with Crippen LogP contribution in [0.15, 0.2) is 42.1 Å². The van der Waals surface area contributed by atoms with Crippen molar-refractivity contribution in [2.75, 3.05) is 6.61 Å². The van der Waals surface area contributed by atoms with Crippen LogP contribution in [0.3, 0.4) is 0 Å². The Morgan fingerprint density at radius 2 is 1.64 bits per heavy atom. The van der Waals surface area contributed by atoms with Gasteiger partial charge in [-0.05, 0) is 56.0 Å². The molecule has 0 aliphatic rings. The summed E-state index contributed by atoms with van der Waals surface area (Å²) in [7, 11) is 0. The number of hydrogen-bond donors (Lipinski definition) is 1. The Balaban J connectivity index is 2.04. The van der Waals surface area contributed by atoms with Gasteiger partial charge in [-0.25, -0.2) is 0 Å². The molecular formula is C19H29NO2. The maximum absolute atomic E-state index is 8.71. The van der Waals surface area contributed by atoms with Crippen molar-refractivity contribution in [1.29, 1.82) is 0 Å². The van der Waals surface area contributed by atoms with E-state index in [9.17, 15) is 0 Å². The van der Waals surface area contributed by atoms with Gasteiger partial charge in [0.2, 0.25) is 0 Å². The maximum Gasteiger partial charge on any atom is 0.119 e. The number of benzene rings is 1. The minimum atomic E-state index is 0.611. The van der Waals surface area contributed by atoms with Crippen LogP contribution in [0.25, 0.3) is 0 Å². The lowest BCUT2D eigenvalue weighted by Crippen LogP contribution is -1.98. The first-order valence-corrected chi connectivity index (χ1v) is 8.30. The number of rotatable bonds is 12. The molecule has 0 aliphatic carbocycles. The van der Waals surface area contributed by atoms with E-state index in [1.807, 2.05) is 30.3 Å². The van der Waals surface area contributed by atoms with Gasteiger partial charge >= 0.3 is 0 Å². The van der Waals surface area contributed by atoms with Crippen molar-refractivity contribution in [3.05, 3.63) is 42.5 Å². The molecule has 0 unspecified atom stereocenters. The highest BCUT2D eigenvalue weighted by molar-refractivity contribution is 5.98. The normalized spacial score (nSPS) is 11.4. The van der Waals surface area contributed by atoms with Gasteiger partial charge in [0.25, 0.3) is 0 Å². The van der Waals surface area contributed by atoms with Gasteiger partial charge in [0.15, 0.2) is 0 Å². The van der Waals surface area contributed by atoms with Crippen LogP contribution >= 0.6 is 0 Å². The summed E-state index contributed by atoms with van der Waals surface area (Å²) in [6.07, 6.45) is 12.0. The molecule has 0 bridgehead atoms. The van der Waals surface area contributed by atoms with Gasteiger partial charge in [-0.2, -0.15) is 0 Å². The standard InChI is InChI=1S/C19H29NO2/c1-3-4-5-6-7-8-9-10-11-16-22-19-14-12-18(13-15-19)17(2)20-21/h3,12-15,21H,1,4-11,16H2,2H3/b20-17+. The van der Waals surface area contributed by atoms with Crippen LogP contribution in [0.2, 0.25) is 0 Å². The Morgan fingerprint density at radius 3 is 2.23 bits per heavy atom. The van der Waals surface area contributed by atoms with Crippen LogP contribution in [-0.2, 0) is 0 Å². The summed E-state index contributed by atoms with van der Waals surface area (Å²) in [5.74, 6) is 0.874. The Labute approximate surface area is 134 Å². The monoisotopic (exact) mass is 303 g/mol. The summed E-state index contributed by atoms with van der Waals surface area (Å²) < 4.78 is 5.72. The molecule has 122 valence electrons. The average molecular weight is 303 g/mol. The zero-order valence-electron chi connectivity index (χ0n) is 13.8. The summed E-state index contributed by atoms with van der Waals surface area (Å²) in [4.78, 5) is 0. The average Bonchev–Trinajstić information content (AvgIpc) is 2.56. The van der Waals surface area contributed by atoms with E-state index in [0.717, 1.165) is 30.8 Å². The Morgan fingerprint density at radius 1 is 1.05 bits per heavy atom. The molecule has 0 atom stereocenters. The van der Waals surface area contributed by atoms with Gasteiger partial charge in [-0.1, -0.05) is 43.3 Å². The summed E-state index contributed by atoms with van der Waals surface area (Å²) in [5.41, 5.74) is 1.52. The quantitative estimate of drug-likeness (QED) is 0.180. The van der Waals surface area contributed by atoms with E-state index >= 15 is 0 Å². The second-order valence-corrected chi connectivity index (χ2v) is 5.61. The fourth-order valence-corrected chi connectivity index (χ4v) is 2.31. The molecule has 3 nitrogen and oxygen atoms in total. The van der Waals surface area contributed by atoms with Crippen LogP contribution in [0, 0.1) is 0 Å². The SMILES string of the molecule is C=CCCCCCCCCCOc1ccc(/C(C)=N/O)cc1. The topological polar surface area (TPSA) is 41.8 Å². The van der Waals surface area contributed by atoms with Crippen LogP contribution in [-0.4, -0.2) is 17.5 Å². The van der Waals surface area contributed by atoms with Gasteiger partial charge < -0.3 is 9.94 Å². The second kappa shape index (κ2) is 11.8. The molecule has 0 amide bonds. The molecule has 0 radical (unpaired) electrons. The number of oxime groups is 1. The predicted octanol–water partition coefficient (Wildman–Crippen LogP) is 5.57. The van der Waals surface area contributed by atoms with Crippen molar-refractivity contribution in [3.63, 3.8) is 0 Å². The summed E-state index contributed by atoms with van der Waals surface area (Å²) >= 11 is 0. The lowest BCUT2D eigenvalue weighted by Gasteiger charge is -2.07. The third kappa shape index (κ3) is 7.87. The van der Waals surface area contributed by atoms with Crippen molar-refractivity contribution in [1.82, 2.24) is 0 Å². The lowest BCUT2D eigenvalue weighted by atomic mass is 10.1. The minimum absolute atomic E-state index is 0.611. The number of hydrogen-bond acceptors (Lipinski definition) is 3. The van der Waals surface area contributed by atoms with Gasteiger partial charge in [0.05, 0.1) is 12.3 Å². The molecule has 1 aromatic carbocycles. The molecule has 3 heteroatoms. The van der Waals surface area contributed by atoms with E-state index in [1.165, 1.54) is 38.5 Å². The molecule has 1 rings (SSSR count). The molecule has 0 aromatic heterocycles. The Hall–Kier alpha value is -1.77. The predicted molar refractivity (Wildman–Crippen MR) is 93.1 cm³/mol. The fraction of sp³-hybridized carbons (Fsp3) is 0.526. The third-order valence-electron chi connectivity index (χ3n) is 3.74. The molecule has 1 N–H and O–H groups in total. The smallest absolute Gasteiger partial charge is 0.119 e. The van der Waals surface area contributed by atoms with E-state index in [-0.39, 0.29) is 0 Å². The second-order valence-electron chi connectivity index (χ2n) is 5.61. The first-order chi connectivity index (χ1) is 10.8. The first-order valence-electron chi connectivity index (χ1n) is 8.30. The Kier molecular flexibility index (Phi) is 9.84. The van der Waals surface area contributed by atoms with Crippen LogP contribution in [0.5, 0.6) is 5.75 Å². The number of allylic oxidation sites excluding steroid dienone is 1. The molecule has 0 saturated heterocycles. The van der Waals surface area contributed by atoms with Crippen molar-refractivity contribution >= 4 is 5.71 Å². The van der Waals surface area contributed by atoms with Gasteiger partial charge in [0, 0.05) is 0 Å².